The summed E-state index contributed by atoms with van der Waals surface area (Å²) in [4.78, 5) is 50.5. The number of hydrogen-bond acceptors (Lipinski definition) is 6. The predicted molar refractivity (Wildman–Crippen MR) is 128 cm³/mol. The topological polar surface area (TPSA) is 102 Å². The van der Waals surface area contributed by atoms with Crippen LogP contribution < -0.4 is 10.1 Å². The molecule has 3 aromatic rings. The van der Waals surface area contributed by atoms with Crippen molar-refractivity contribution in [2.45, 2.75) is 19.8 Å². The second-order valence-corrected chi connectivity index (χ2v) is 8.03. The molecule has 0 atom stereocenters. The number of imide groups is 1. The fourth-order valence-corrected chi connectivity index (χ4v) is 3.67. The second-order valence-electron chi connectivity index (χ2n) is 8.03. The van der Waals surface area contributed by atoms with E-state index in [9.17, 15) is 19.2 Å². The molecule has 0 saturated carbocycles. The van der Waals surface area contributed by atoms with Gasteiger partial charge >= 0.3 is 5.97 Å². The van der Waals surface area contributed by atoms with E-state index in [1.54, 1.807) is 54.6 Å². The van der Waals surface area contributed by atoms with Crippen molar-refractivity contribution in [2.75, 3.05) is 18.5 Å². The highest BCUT2D eigenvalue weighted by Crippen LogP contribution is 2.29. The van der Waals surface area contributed by atoms with Crippen molar-refractivity contribution >= 4 is 29.4 Å². The zero-order valence-electron chi connectivity index (χ0n) is 19.2. The second kappa shape index (κ2) is 10.6. The predicted octanol–water partition coefficient (Wildman–Crippen LogP) is 4.35. The Morgan fingerprint density at radius 1 is 0.886 bits per heavy atom. The highest BCUT2D eigenvalue weighted by molar-refractivity contribution is 6.21. The molecule has 1 N–H and O–H groups in total. The summed E-state index contributed by atoms with van der Waals surface area (Å²) in [6, 6.07) is 21.2. The van der Waals surface area contributed by atoms with Gasteiger partial charge in [-0.05, 0) is 49.7 Å². The van der Waals surface area contributed by atoms with E-state index in [4.69, 9.17) is 9.47 Å². The van der Waals surface area contributed by atoms with Crippen LogP contribution in [0.25, 0.3) is 0 Å². The van der Waals surface area contributed by atoms with E-state index in [0.29, 0.717) is 28.3 Å². The highest BCUT2D eigenvalue weighted by atomic mass is 16.5. The fourth-order valence-electron chi connectivity index (χ4n) is 3.67. The Morgan fingerprint density at radius 2 is 1.60 bits per heavy atom. The molecule has 0 spiro atoms. The van der Waals surface area contributed by atoms with Gasteiger partial charge in [0, 0.05) is 13.0 Å². The molecular weight excluding hydrogens is 448 g/mol. The molecule has 0 aromatic heterocycles. The van der Waals surface area contributed by atoms with Crippen LogP contribution in [0.15, 0.2) is 72.8 Å². The van der Waals surface area contributed by atoms with E-state index >= 15 is 0 Å². The first-order valence-corrected chi connectivity index (χ1v) is 11.2. The third-order valence-electron chi connectivity index (χ3n) is 5.39. The van der Waals surface area contributed by atoms with E-state index in [2.05, 4.69) is 5.32 Å². The zero-order valence-corrected chi connectivity index (χ0v) is 19.2. The van der Waals surface area contributed by atoms with Gasteiger partial charge in [-0.3, -0.25) is 24.1 Å². The van der Waals surface area contributed by atoms with Crippen LogP contribution in [-0.4, -0.2) is 41.7 Å². The average Bonchev–Trinajstić information content (AvgIpc) is 3.08. The first-order valence-electron chi connectivity index (χ1n) is 11.2. The number of fused-ring (bicyclic) bond motifs is 1. The van der Waals surface area contributed by atoms with Crippen molar-refractivity contribution in [3.05, 3.63) is 89.5 Å². The third-order valence-corrected chi connectivity index (χ3v) is 5.39. The first kappa shape index (κ1) is 23.7. The smallest absolute Gasteiger partial charge is 0.306 e. The normalized spacial score (nSPS) is 12.3. The Bertz CT molecular complexity index is 1270. The Labute approximate surface area is 202 Å². The Morgan fingerprint density at radius 3 is 2.40 bits per heavy atom. The molecule has 178 valence electrons. The fraction of sp³-hybridized carbons (Fsp3) is 0.185. The molecule has 8 heteroatoms. The van der Waals surface area contributed by atoms with Gasteiger partial charge in [0.05, 0.1) is 16.8 Å². The first-order chi connectivity index (χ1) is 16.9. The summed E-state index contributed by atoms with van der Waals surface area (Å²) in [7, 11) is 0. The standard InChI is InChI=1S/C27H24N2O6/c1-18-13-14-20-21(16-18)27(33)29(26(20)32)15-7-12-25(31)34-17-24(30)28-22-10-5-6-11-23(22)35-19-8-3-2-4-9-19/h2-6,8-11,13-14,16H,7,12,15,17H2,1H3,(H,28,30). The molecule has 1 aliphatic heterocycles. The van der Waals surface area contributed by atoms with Crippen molar-refractivity contribution in [1.82, 2.24) is 4.90 Å². The minimum atomic E-state index is -0.596. The van der Waals surface area contributed by atoms with Crippen molar-refractivity contribution in [3.8, 4) is 11.5 Å². The van der Waals surface area contributed by atoms with E-state index in [1.165, 1.54) is 0 Å². The number of para-hydroxylation sites is 3. The maximum absolute atomic E-state index is 12.5. The van der Waals surface area contributed by atoms with Crippen LogP contribution in [-0.2, 0) is 14.3 Å². The van der Waals surface area contributed by atoms with Crippen molar-refractivity contribution in [1.29, 1.82) is 0 Å². The number of esters is 1. The monoisotopic (exact) mass is 472 g/mol. The number of carbonyl (C=O) groups is 4. The quantitative estimate of drug-likeness (QED) is 0.367. The van der Waals surface area contributed by atoms with Gasteiger partial charge in [0.25, 0.3) is 17.7 Å². The van der Waals surface area contributed by atoms with Crippen molar-refractivity contribution in [2.24, 2.45) is 0 Å². The van der Waals surface area contributed by atoms with Gasteiger partial charge in [0.2, 0.25) is 0 Å². The average molecular weight is 472 g/mol. The number of ether oxygens (including phenoxy) is 2. The van der Waals surface area contributed by atoms with E-state index < -0.39 is 18.5 Å². The zero-order chi connectivity index (χ0) is 24.8. The number of nitrogens with zero attached hydrogens (tertiary/aromatic N) is 1. The van der Waals surface area contributed by atoms with Crippen LogP contribution in [0.4, 0.5) is 5.69 Å². The highest BCUT2D eigenvalue weighted by Gasteiger charge is 2.35. The van der Waals surface area contributed by atoms with Gasteiger partial charge in [-0.1, -0.05) is 42.0 Å². The molecule has 8 nitrogen and oxygen atoms in total. The van der Waals surface area contributed by atoms with Crippen LogP contribution in [0.5, 0.6) is 11.5 Å². The minimum Gasteiger partial charge on any atom is -0.456 e. The molecule has 3 aromatic carbocycles. The lowest BCUT2D eigenvalue weighted by Crippen LogP contribution is -2.31. The molecule has 0 saturated heterocycles. The van der Waals surface area contributed by atoms with Crippen LogP contribution in [0.2, 0.25) is 0 Å². The molecule has 1 heterocycles. The maximum Gasteiger partial charge on any atom is 0.306 e. The van der Waals surface area contributed by atoms with Gasteiger partial charge in [-0.2, -0.15) is 0 Å². The van der Waals surface area contributed by atoms with Crippen molar-refractivity contribution in [3.63, 3.8) is 0 Å². The molecule has 0 aliphatic carbocycles. The van der Waals surface area contributed by atoms with Gasteiger partial charge in [-0.25, -0.2) is 0 Å². The molecule has 3 amide bonds. The lowest BCUT2D eigenvalue weighted by Gasteiger charge is -2.13. The Kier molecular flexibility index (Phi) is 7.21. The maximum atomic E-state index is 12.5. The summed E-state index contributed by atoms with van der Waals surface area (Å²) in [5, 5.41) is 2.67. The number of nitrogens with one attached hydrogen (secondary N) is 1. The summed E-state index contributed by atoms with van der Waals surface area (Å²) < 4.78 is 10.9. The molecular formula is C27H24N2O6. The number of hydrogen-bond donors (Lipinski definition) is 1. The molecule has 4 rings (SSSR count). The van der Waals surface area contributed by atoms with Crippen LogP contribution in [0.1, 0.15) is 39.1 Å². The summed E-state index contributed by atoms with van der Waals surface area (Å²) >= 11 is 0. The van der Waals surface area contributed by atoms with E-state index in [0.717, 1.165) is 10.5 Å². The van der Waals surface area contributed by atoms with Crippen molar-refractivity contribution < 1.29 is 28.7 Å². The molecule has 35 heavy (non-hydrogen) atoms. The SMILES string of the molecule is Cc1ccc2c(c1)C(=O)N(CCCC(=O)OCC(=O)Nc1ccccc1Oc1ccccc1)C2=O. The van der Waals surface area contributed by atoms with Crippen LogP contribution >= 0.6 is 0 Å². The lowest BCUT2D eigenvalue weighted by atomic mass is 10.1. The van der Waals surface area contributed by atoms with Gasteiger partial charge in [0.1, 0.15) is 5.75 Å². The van der Waals surface area contributed by atoms with Crippen LogP contribution in [0.3, 0.4) is 0 Å². The molecule has 0 fully saturated rings. The Balaban J connectivity index is 1.22. The summed E-state index contributed by atoms with van der Waals surface area (Å²) in [6.07, 6.45) is 0.200. The van der Waals surface area contributed by atoms with E-state index in [-0.39, 0.29) is 31.2 Å². The Hall–Kier alpha value is -4.46. The summed E-state index contributed by atoms with van der Waals surface area (Å²) in [5.74, 6) is -0.769. The number of amides is 3. The molecule has 0 radical (unpaired) electrons. The summed E-state index contributed by atoms with van der Waals surface area (Å²) in [6.45, 7) is 1.48. The summed E-state index contributed by atoms with van der Waals surface area (Å²) in [5.41, 5.74) is 2.09. The molecule has 0 unspecified atom stereocenters. The van der Waals surface area contributed by atoms with Crippen LogP contribution in [0, 0.1) is 6.92 Å². The molecule has 1 aliphatic rings. The van der Waals surface area contributed by atoms with Gasteiger partial charge in [0.15, 0.2) is 12.4 Å². The number of benzene rings is 3. The largest absolute Gasteiger partial charge is 0.456 e. The lowest BCUT2D eigenvalue weighted by molar-refractivity contribution is -0.147. The number of anilines is 1. The number of rotatable bonds is 9. The molecule has 0 bridgehead atoms. The number of aryl methyl sites for hydroxylation is 1. The van der Waals surface area contributed by atoms with Gasteiger partial charge < -0.3 is 14.8 Å². The minimum absolute atomic E-state index is 0.0343. The van der Waals surface area contributed by atoms with E-state index in [1.807, 2.05) is 25.1 Å². The third kappa shape index (κ3) is 5.73. The number of carbonyl (C=O) groups excluding carboxylic acids is 4. The van der Waals surface area contributed by atoms with Gasteiger partial charge in [-0.15, -0.1) is 0 Å².